The third-order valence-electron chi connectivity index (χ3n) is 10.3. The van der Waals surface area contributed by atoms with Gasteiger partial charge in [-0.25, -0.2) is 9.97 Å². The molecule has 1 N–H and O–H groups in total. The molecule has 43 heavy (non-hydrogen) atoms. The molecule has 8 nitrogen and oxygen atoms in total. The second-order valence-corrected chi connectivity index (χ2v) is 13.0. The molecule has 3 saturated heterocycles. The number of anilines is 1. The minimum atomic E-state index is 0.0437. The summed E-state index contributed by atoms with van der Waals surface area (Å²) in [4.78, 5) is 29.7. The number of hydrogen-bond donors (Lipinski definition) is 1. The summed E-state index contributed by atoms with van der Waals surface area (Å²) >= 11 is 0. The van der Waals surface area contributed by atoms with Crippen molar-refractivity contribution in [2.75, 3.05) is 51.2 Å². The van der Waals surface area contributed by atoms with Crippen LogP contribution in [0, 0.1) is 19.3 Å². The lowest BCUT2D eigenvalue weighted by atomic mass is 9.72. The number of aromatic amines is 1. The Morgan fingerprint density at radius 2 is 1.77 bits per heavy atom. The SMILES string of the molecule is C=CC(=O)N1CC2(CCN(c3nc(C4CCN(C)CC4)nc4c(C)c(-c5c(C)ccc6[nH]ncc56)c(C=C)cc34)CC2)C1. The summed E-state index contributed by atoms with van der Waals surface area (Å²) in [6.45, 7) is 17.9. The highest BCUT2D eigenvalue weighted by Gasteiger charge is 2.46. The zero-order valence-electron chi connectivity index (χ0n) is 25.6. The Balaban J connectivity index is 1.34. The van der Waals surface area contributed by atoms with E-state index in [1.54, 1.807) is 0 Å². The molecule has 0 radical (unpaired) electrons. The van der Waals surface area contributed by atoms with E-state index in [-0.39, 0.29) is 11.3 Å². The first-order valence-electron chi connectivity index (χ1n) is 15.6. The molecule has 0 aliphatic carbocycles. The number of aryl methyl sites for hydroxylation is 2. The molecule has 0 atom stereocenters. The number of H-pyrrole nitrogens is 1. The van der Waals surface area contributed by atoms with Crippen LogP contribution in [-0.2, 0) is 4.79 Å². The molecule has 222 valence electrons. The predicted octanol–water partition coefficient (Wildman–Crippen LogP) is 5.86. The predicted molar refractivity (Wildman–Crippen MR) is 174 cm³/mol. The largest absolute Gasteiger partial charge is 0.356 e. The highest BCUT2D eigenvalue weighted by Crippen LogP contribution is 2.45. The maximum absolute atomic E-state index is 12.1. The number of aromatic nitrogens is 4. The first-order chi connectivity index (χ1) is 20.8. The molecule has 2 aromatic heterocycles. The fraction of sp³-hybridized carbons (Fsp3) is 0.429. The average molecular weight is 576 g/mol. The Labute approximate surface area is 253 Å². The number of carbonyl (C=O) groups excluding carboxylic acids is 1. The zero-order valence-corrected chi connectivity index (χ0v) is 25.6. The molecule has 7 rings (SSSR count). The maximum atomic E-state index is 12.1. The van der Waals surface area contributed by atoms with E-state index < -0.39 is 0 Å². The molecule has 5 heterocycles. The zero-order chi connectivity index (χ0) is 29.9. The lowest BCUT2D eigenvalue weighted by molar-refractivity contribution is -0.139. The third-order valence-corrected chi connectivity index (χ3v) is 10.3. The van der Waals surface area contributed by atoms with Crippen molar-refractivity contribution in [2.24, 2.45) is 5.41 Å². The van der Waals surface area contributed by atoms with Crippen molar-refractivity contribution < 1.29 is 4.79 Å². The van der Waals surface area contributed by atoms with Crippen molar-refractivity contribution in [1.29, 1.82) is 0 Å². The molecule has 0 unspecified atom stereocenters. The second-order valence-electron chi connectivity index (χ2n) is 13.0. The third kappa shape index (κ3) is 4.63. The number of fused-ring (bicyclic) bond motifs is 2. The number of nitrogens with one attached hydrogen (secondary N) is 1. The van der Waals surface area contributed by atoms with Crippen molar-refractivity contribution in [2.45, 2.75) is 45.4 Å². The molecule has 0 saturated carbocycles. The Morgan fingerprint density at radius 3 is 2.47 bits per heavy atom. The summed E-state index contributed by atoms with van der Waals surface area (Å²) in [6, 6.07) is 6.52. The lowest BCUT2D eigenvalue weighted by Gasteiger charge is -2.54. The van der Waals surface area contributed by atoms with Crippen LogP contribution in [0.3, 0.4) is 0 Å². The van der Waals surface area contributed by atoms with Crippen LogP contribution in [0.1, 0.15) is 54.1 Å². The standard InChI is InChI=1S/C35H41N7O/c1-6-24-18-26-32(23(4)31(24)30-22(3)8-9-28-27(30)19-36-39-28)37-33(25-10-14-40(5)15-11-25)38-34(26)41-16-12-35(13-17-41)20-42(21-35)29(43)7-2/h6-9,18-19,25H,1-2,10-17,20-21H2,3-5H3,(H,36,39). The van der Waals surface area contributed by atoms with Gasteiger partial charge in [-0.05, 0) is 106 Å². The quantitative estimate of drug-likeness (QED) is 0.301. The van der Waals surface area contributed by atoms with Gasteiger partial charge < -0.3 is 14.7 Å². The number of hydrogen-bond acceptors (Lipinski definition) is 6. The van der Waals surface area contributed by atoms with Gasteiger partial charge in [0, 0.05) is 48.3 Å². The van der Waals surface area contributed by atoms with Crippen molar-refractivity contribution >= 4 is 39.6 Å². The van der Waals surface area contributed by atoms with E-state index in [1.807, 2.05) is 17.2 Å². The minimum Gasteiger partial charge on any atom is -0.356 e. The average Bonchev–Trinajstić information content (AvgIpc) is 3.49. The molecule has 3 fully saturated rings. The van der Waals surface area contributed by atoms with Crippen molar-refractivity contribution in [3.63, 3.8) is 0 Å². The van der Waals surface area contributed by atoms with Gasteiger partial charge in [-0.15, -0.1) is 0 Å². The topological polar surface area (TPSA) is 81.3 Å². The van der Waals surface area contributed by atoms with Crippen LogP contribution in [0.2, 0.25) is 0 Å². The highest BCUT2D eigenvalue weighted by atomic mass is 16.2. The molecular weight excluding hydrogens is 534 g/mol. The van der Waals surface area contributed by atoms with Crippen LogP contribution in [-0.4, -0.2) is 82.2 Å². The number of piperidine rings is 2. The fourth-order valence-electron chi connectivity index (χ4n) is 7.65. The Hall–Kier alpha value is -4.04. The number of rotatable bonds is 5. The number of benzene rings is 2. The van der Waals surface area contributed by atoms with E-state index in [0.717, 1.165) is 110 Å². The van der Waals surface area contributed by atoms with Crippen LogP contribution >= 0.6 is 0 Å². The molecule has 3 aliphatic heterocycles. The smallest absolute Gasteiger partial charge is 0.245 e. The second kappa shape index (κ2) is 10.6. The molecule has 8 heteroatoms. The molecule has 3 aliphatic rings. The summed E-state index contributed by atoms with van der Waals surface area (Å²) in [6.07, 6.45) is 9.58. The minimum absolute atomic E-state index is 0.0437. The number of nitrogens with zero attached hydrogens (tertiary/aromatic N) is 6. The van der Waals surface area contributed by atoms with Gasteiger partial charge in [0.15, 0.2) is 0 Å². The van der Waals surface area contributed by atoms with Crippen molar-refractivity contribution in [3.8, 4) is 11.1 Å². The molecule has 4 aromatic rings. The first kappa shape index (κ1) is 27.8. The van der Waals surface area contributed by atoms with E-state index in [1.165, 1.54) is 22.8 Å². The molecule has 2 aromatic carbocycles. The van der Waals surface area contributed by atoms with Gasteiger partial charge in [-0.2, -0.15) is 5.10 Å². The summed E-state index contributed by atoms with van der Waals surface area (Å²) < 4.78 is 0. The van der Waals surface area contributed by atoms with Gasteiger partial charge >= 0.3 is 0 Å². The van der Waals surface area contributed by atoms with E-state index >= 15 is 0 Å². The summed E-state index contributed by atoms with van der Waals surface area (Å²) in [7, 11) is 2.20. The molecule has 1 amide bonds. The fourth-order valence-corrected chi connectivity index (χ4v) is 7.65. The van der Waals surface area contributed by atoms with E-state index in [2.05, 4.69) is 72.2 Å². The van der Waals surface area contributed by atoms with E-state index in [4.69, 9.17) is 9.97 Å². The Bertz CT molecular complexity index is 1750. The maximum Gasteiger partial charge on any atom is 0.245 e. The van der Waals surface area contributed by atoms with Gasteiger partial charge in [0.05, 0.1) is 17.2 Å². The first-order valence-corrected chi connectivity index (χ1v) is 15.6. The van der Waals surface area contributed by atoms with E-state index in [0.29, 0.717) is 5.92 Å². The molecule has 0 bridgehead atoms. The number of carbonyl (C=O) groups is 1. The van der Waals surface area contributed by atoms with Crippen molar-refractivity contribution in [1.82, 2.24) is 30.0 Å². The van der Waals surface area contributed by atoms with Crippen LogP contribution < -0.4 is 4.90 Å². The molecule has 1 spiro atoms. The molecular formula is C35H41N7O. The van der Waals surface area contributed by atoms with Gasteiger partial charge in [-0.3, -0.25) is 9.89 Å². The number of likely N-dealkylation sites (tertiary alicyclic amines) is 2. The summed E-state index contributed by atoms with van der Waals surface area (Å²) in [5.41, 5.74) is 8.08. The lowest BCUT2D eigenvalue weighted by Crippen LogP contribution is -2.61. The van der Waals surface area contributed by atoms with Gasteiger partial charge in [-0.1, -0.05) is 25.3 Å². The monoisotopic (exact) mass is 575 g/mol. The van der Waals surface area contributed by atoms with Gasteiger partial charge in [0.1, 0.15) is 11.6 Å². The highest BCUT2D eigenvalue weighted by molar-refractivity contribution is 6.05. The van der Waals surface area contributed by atoms with Crippen LogP contribution in [0.25, 0.3) is 39.0 Å². The summed E-state index contributed by atoms with van der Waals surface area (Å²) in [5, 5.41) is 9.72. The normalized spacial score (nSPS) is 19.2. The van der Waals surface area contributed by atoms with Gasteiger partial charge in [0.25, 0.3) is 0 Å². The van der Waals surface area contributed by atoms with Gasteiger partial charge in [0.2, 0.25) is 5.91 Å². The van der Waals surface area contributed by atoms with Crippen LogP contribution in [0.15, 0.2) is 43.6 Å². The summed E-state index contributed by atoms with van der Waals surface area (Å²) in [5.74, 6) is 2.41. The number of amides is 1. The Kier molecular flexibility index (Phi) is 6.84. The van der Waals surface area contributed by atoms with Crippen LogP contribution in [0.5, 0.6) is 0 Å². The van der Waals surface area contributed by atoms with Crippen LogP contribution in [0.4, 0.5) is 5.82 Å². The van der Waals surface area contributed by atoms with E-state index in [9.17, 15) is 4.79 Å². The Morgan fingerprint density at radius 1 is 1.02 bits per heavy atom. The van der Waals surface area contributed by atoms with Crippen molar-refractivity contribution in [3.05, 3.63) is 66.1 Å².